The second kappa shape index (κ2) is 10.7. The topological polar surface area (TPSA) is 71.5 Å². The van der Waals surface area contributed by atoms with Crippen molar-refractivity contribution in [1.82, 2.24) is 15.3 Å². The quantitative estimate of drug-likeness (QED) is 0.660. The molecule has 3 fully saturated rings. The first kappa shape index (κ1) is 22.4. The normalized spacial score (nSPS) is 25.7. The fourth-order valence-corrected chi connectivity index (χ4v) is 5.06. The van der Waals surface area contributed by atoms with Crippen molar-refractivity contribution in [2.45, 2.75) is 45.1 Å². The highest BCUT2D eigenvalue weighted by atomic mass is 16.5. The Morgan fingerprint density at radius 1 is 1.09 bits per heavy atom. The zero-order valence-electron chi connectivity index (χ0n) is 19.8. The molecule has 3 aliphatic rings. The van der Waals surface area contributed by atoms with Crippen LogP contribution in [0, 0.1) is 11.8 Å². The third kappa shape index (κ3) is 5.76. The van der Waals surface area contributed by atoms with Crippen molar-refractivity contribution in [3.8, 4) is 17.0 Å². The number of morpholine rings is 1. The first-order valence-electron chi connectivity index (χ1n) is 12.6. The summed E-state index contributed by atoms with van der Waals surface area (Å²) in [5.74, 6) is 2.73. The summed E-state index contributed by atoms with van der Waals surface area (Å²) in [5, 5.41) is 6.99. The molecule has 2 N–H and O–H groups in total. The zero-order valence-corrected chi connectivity index (χ0v) is 19.8. The van der Waals surface area contributed by atoms with E-state index in [0.29, 0.717) is 30.4 Å². The first-order valence-corrected chi connectivity index (χ1v) is 12.6. The lowest BCUT2D eigenvalue weighted by atomic mass is 9.87. The lowest BCUT2D eigenvalue weighted by molar-refractivity contribution is 0.122. The van der Waals surface area contributed by atoms with E-state index in [2.05, 4.69) is 51.7 Å². The molecule has 2 saturated heterocycles. The number of rotatable bonds is 7. The summed E-state index contributed by atoms with van der Waals surface area (Å²) in [5.41, 5.74) is 3.27. The maximum absolute atomic E-state index is 6.31. The fourth-order valence-electron chi connectivity index (χ4n) is 5.06. The molecular formula is C26H37N5O2. The van der Waals surface area contributed by atoms with Gasteiger partial charge in [-0.3, -0.25) is 0 Å². The van der Waals surface area contributed by atoms with Crippen LogP contribution in [0.15, 0.2) is 30.5 Å². The summed E-state index contributed by atoms with van der Waals surface area (Å²) in [6.07, 6.45) is 7.97. The monoisotopic (exact) mass is 451 g/mol. The van der Waals surface area contributed by atoms with E-state index in [1.54, 1.807) is 0 Å². The van der Waals surface area contributed by atoms with Crippen LogP contribution in [-0.4, -0.2) is 62.0 Å². The highest BCUT2D eigenvalue weighted by Gasteiger charge is 2.21. The average molecular weight is 452 g/mol. The van der Waals surface area contributed by atoms with Crippen molar-refractivity contribution in [2.75, 3.05) is 56.2 Å². The third-order valence-electron chi connectivity index (χ3n) is 7.28. The van der Waals surface area contributed by atoms with Gasteiger partial charge in [0.15, 0.2) is 0 Å². The molecule has 0 bridgehead atoms. The van der Waals surface area contributed by atoms with E-state index in [-0.39, 0.29) is 0 Å². The molecule has 1 saturated carbocycles. The van der Waals surface area contributed by atoms with E-state index < -0.39 is 0 Å². The molecule has 2 aliphatic heterocycles. The van der Waals surface area contributed by atoms with E-state index in [1.807, 2.05) is 6.20 Å². The van der Waals surface area contributed by atoms with Gasteiger partial charge in [0.25, 0.3) is 0 Å². The molecule has 3 heterocycles. The number of hydrogen-bond acceptors (Lipinski definition) is 7. The van der Waals surface area contributed by atoms with Crippen LogP contribution in [0.1, 0.15) is 39.0 Å². The molecule has 1 aromatic heterocycles. The molecular weight excluding hydrogens is 414 g/mol. The highest BCUT2D eigenvalue weighted by Crippen LogP contribution is 2.32. The molecule has 1 aromatic carbocycles. The summed E-state index contributed by atoms with van der Waals surface area (Å²) >= 11 is 0. The van der Waals surface area contributed by atoms with E-state index in [9.17, 15) is 0 Å². The molecule has 1 atom stereocenters. The van der Waals surface area contributed by atoms with Crippen LogP contribution in [0.5, 0.6) is 5.88 Å². The number of benzene rings is 1. The number of nitrogens with one attached hydrogen (secondary N) is 2. The van der Waals surface area contributed by atoms with E-state index in [4.69, 9.17) is 14.5 Å². The maximum Gasteiger partial charge on any atom is 0.226 e. The van der Waals surface area contributed by atoms with Crippen LogP contribution in [-0.2, 0) is 4.74 Å². The van der Waals surface area contributed by atoms with Crippen LogP contribution in [0.4, 0.5) is 11.6 Å². The van der Waals surface area contributed by atoms with Gasteiger partial charge in [-0.1, -0.05) is 19.1 Å². The lowest BCUT2D eigenvalue weighted by Gasteiger charge is -2.29. The molecule has 5 rings (SSSR count). The van der Waals surface area contributed by atoms with Crippen LogP contribution < -0.4 is 20.3 Å². The Balaban J connectivity index is 1.34. The second-order valence-electron chi connectivity index (χ2n) is 9.83. The number of ether oxygens (including phenoxy) is 2. The van der Waals surface area contributed by atoms with Crippen molar-refractivity contribution >= 4 is 11.6 Å². The van der Waals surface area contributed by atoms with Gasteiger partial charge in [0.05, 0.1) is 25.4 Å². The Kier molecular flexibility index (Phi) is 7.27. The average Bonchev–Trinajstić information content (AvgIpc) is 3.39. The van der Waals surface area contributed by atoms with Gasteiger partial charge in [-0.05, 0) is 62.3 Å². The van der Waals surface area contributed by atoms with Crippen molar-refractivity contribution < 1.29 is 9.47 Å². The fraction of sp³-hybridized carbons (Fsp3) is 0.615. The standard InChI is InChI=1S/C26H37N5O2/c1-19-2-6-22(7-3-19)29-26-28-17-24(25(30-26)33-18-20-10-11-27-16-20)21-4-8-23(9-5-21)31-12-14-32-15-13-31/h4-5,8-9,17,19-20,22,27H,2-3,6-7,10-16,18H2,1H3,(H,28,29,30)/t19?,20-,22?/m1/s1. The van der Waals surface area contributed by atoms with Crippen molar-refractivity contribution in [1.29, 1.82) is 0 Å². The Bertz CT molecular complexity index is 886. The summed E-state index contributed by atoms with van der Waals surface area (Å²) in [6.45, 7) is 8.56. The van der Waals surface area contributed by atoms with Crippen LogP contribution in [0.25, 0.3) is 11.1 Å². The minimum Gasteiger partial charge on any atom is -0.477 e. The SMILES string of the molecule is CC1CCC(Nc2ncc(-c3ccc(N4CCOCC4)cc3)c(OC[C@@H]3CCNC3)n2)CC1. The Morgan fingerprint density at radius 2 is 1.88 bits per heavy atom. The molecule has 7 nitrogen and oxygen atoms in total. The van der Waals surface area contributed by atoms with Gasteiger partial charge in [0.1, 0.15) is 0 Å². The van der Waals surface area contributed by atoms with Gasteiger partial charge >= 0.3 is 0 Å². The van der Waals surface area contributed by atoms with E-state index in [0.717, 1.165) is 62.9 Å². The number of nitrogens with zero attached hydrogens (tertiary/aromatic N) is 3. The predicted molar refractivity (Wildman–Crippen MR) is 132 cm³/mol. The Morgan fingerprint density at radius 3 is 2.61 bits per heavy atom. The number of hydrogen-bond donors (Lipinski definition) is 2. The van der Waals surface area contributed by atoms with Gasteiger partial charge in [0.2, 0.25) is 11.8 Å². The maximum atomic E-state index is 6.31. The summed E-state index contributed by atoms with van der Waals surface area (Å²) < 4.78 is 11.8. The molecule has 0 spiro atoms. The summed E-state index contributed by atoms with van der Waals surface area (Å²) in [6, 6.07) is 9.12. The molecule has 0 radical (unpaired) electrons. The highest BCUT2D eigenvalue weighted by molar-refractivity contribution is 5.70. The minimum absolute atomic E-state index is 0.451. The lowest BCUT2D eigenvalue weighted by Crippen LogP contribution is -2.36. The summed E-state index contributed by atoms with van der Waals surface area (Å²) in [7, 11) is 0. The van der Waals surface area contributed by atoms with E-state index >= 15 is 0 Å². The second-order valence-corrected chi connectivity index (χ2v) is 9.83. The van der Waals surface area contributed by atoms with Crippen LogP contribution >= 0.6 is 0 Å². The van der Waals surface area contributed by atoms with E-state index in [1.165, 1.54) is 31.4 Å². The van der Waals surface area contributed by atoms with Crippen molar-refractivity contribution in [3.05, 3.63) is 30.5 Å². The molecule has 2 aromatic rings. The smallest absolute Gasteiger partial charge is 0.226 e. The molecule has 0 unspecified atom stereocenters. The molecule has 0 amide bonds. The molecule has 7 heteroatoms. The number of aromatic nitrogens is 2. The van der Waals surface area contributed by atoms with Crippen LogP contribution in [0.3, 0.4) is 0 Å². The Labute approximate surface area is 197 Å². The minimum atomic E-state index is 0.451. The predicted octanol–water partition coefficient (Wildman–Crippen LogP) is 3.96. The van der Waals surface area contributed by atoms with Gasteiger partial charge in [-0.2, -0.15) is 4.98 Å². The van der Waals surface area contributed by atoms with Gasteiger partial charge < -0.3 is 25.0 Å². The largest absolute Gasteiger partial charge is 0.477 e. The third-order valence-corrected chi connectivity index (χ3v) is 7.28. The van der Waals surface area contributed by atoms with Gasteiger partial charge in [0, 0.05) is 43.5 Å². The van der Waals surface area contributed by atoms with Gasteiger partial charge in [-0.15, -0.1) is 0 Å². The summed E-state index contributed by atoms with van der Waals surface area (Å²) in [4.78, 5) is 11.9. The van der Waals surface area contributed by atoms with Crippen LogP contribution in [0.2, 0.25) is 0 Å². The van der Waals surface area contributed by atoms with Crippen molar-refractivity contribution in [2.24, 2.45) is 11.8 Å². The molecule has 33 heavy (non-hydrogen) atoms. The van der Waals surface area contributed by atoms with Gasteiger partial charge in [-0.25, -0.2) is 4.98 Å². The molecule has 1 aliphatic carbocycles. The van der Waals surface area contributed by atoms with Crippen molar-refractivity contribution in [3.63, 3.8) is 0 Å². The zero-order chi connectivity index (χ0) is 22.5. The number of anilines is 2. The molecule has 178 valence electrons. The Hall–Kier alpha value is -2.38. The first-order chi connectivity index (χ1) is 16.2.